The van der Waals surface area contributed by atoms with Crippen molar-refractivity contribution in [2.45, 2.75) is 25.8 Å². The number of nitrogens with one attached hydrogen (secondary N) is 1. The van der Waals surface area contributed by atoms with Crippen LogP contribution in [-0.4, -0.2) is 67.4 Å². The van der Waals surface area contributed by atoms with E-state index in [4.69, 9.17) is 9.26 Å². The molecule has 7 heteroatoms. The minimum atomic E-state index is -0.106. The lowest BCUT2D eigenvalue weighted by Gasteiger charge is -2.28. The summed E-state index contributed by atoms with van der Waals surface area (Å²) in [7, 11) is 3.75. The largest absolute Gasteiger partial charge is 0.383 e. The number of likely N-dealkylation sites (tertiary alicyclic amines) is 1. The van der Waals surface area contributed by atoms with Gasteiger partial charge in [0, 0.05) is 38.9 Å². The van der Waals surface area contributed by atoms with Crippen LogP contribution in [0.15, 0.2) is 10.6 Å². The first-order chi connectivity index (χ1) is 10.1. The zero-order chi connectivity index (χ0) is 15.2. The molecule has 2 heterocycles. The van der Waals surface area contributed by atoms with Gasteiger partial charge in [-0.15, -0.1) is 0 Å². The number of hydrogen-bond acceptors (Lipinski definition) is 5. The summed E-state index contributed by atoms with van der Waals surface area (Å²) in [6.45, 7) is 5.00. The number of amides is 2. The van der Waals surface area contributed by atoms with Gasteiger partial charge in [-0.3, -0.25) is 5.32 Å². The van der Waals surface area contributed by atoms with Crippen molar-refractivity contribution < 1.29 is 14.1 Å². The number of nitrogens with zero attached hydrogens (tertiary/aromatic N) is 3. The maximum atomic E-state index is 12.3. The van der Waals surface area contributed by atoms with Crippen molar-refractivity contribution in [1.29, 1.82) is 0 Å². The van der Waals surface area contributed by atoms with E-state index in [2.05, 4.69) is 22.4 Å². The Bertz CT molecular complexity index is 463. The summed E-state index contributed by atoms with van der Waals surface area (Å²) in [5.74, 6) is 1.15. The van der Waals surface area contributed by atoms with Crippen LogP contribution in [0.5, 0.6) is 0 Å². The molecule has 0 aromatic carbocycles. The van der Waals surface area contributed by atoms with Gasteiger partial charge in [-0.05, 0) is 26.8 Å². The van der Waals surface area contributed by atoms with Crippen LogP contribution in [-0.2, 0) is 4.74 Å². The van der Waals surface area contributed by atoms with E-state index in [1.54, 1.807) is 20.1 Å². The van der Waals surface area contributed by atoms with E-state index < -0.39 is 0 Å². The molecule has 21 heavy (non-hydrogen) atoms. The van der Waals surface area contributed by atoms with Gasteiger partial charge >= 0.3 is 6.03 Å². The number of aryl methyl sites for hydroxylation is 1. The van der Waals surface area contributed by atoms with Gasteiger partial charge in [0.1, 0.15) is 5.76 Å². The topological polar surface area (TPSA) is 70.8 Å². The molecule has 2 rings (SSSR count). The maximum absolute atomic E-state index is 12.3. The Kier molecular flexibility index (Phi) is 5.58. The van der Waals surface area contributed by atoms with E-state index in [1.165, 1.54) is 0 Å². The molecule has 1 atom stereocenters. The Morgan fingerprint density at radius 2 is 2.48 bits per heavy atom. The van der Waals surface area contributed by atoms with Gasteiger partial charge in [0.05, 0.1) is 6.61 Å². The molecule has 0 radical (unpaired) electrons. The molecule has 1 fully saturated rings. The third-order valence-corrected chi connectivity index (χ3v) is 3.70. The van der Waals surface area contributed by atoms with Crippen molar-refractivity contribution >= 4 is 11.8 Å². The Labute approximate surface area is 125 Å². The number of likely N-dealkylation sites (N-methyl/N-ethyl adjacent to an activating group) is 1. The van der Waals surface area contributed by atoms with E-state index in [0.717, 1.165) is 32.5 Å². The van der Waals surface area contributed by atoms with E-state index in [1.807, 2.05) is 4.90 Å². The Morgan fingerprint density at radius 3 is 3.14 bits per heavy atom. The van der Waals surface area contributed by atoms with Gasteiger partial charge in [0.25, 0.3) is 0 Å². The third-order valence-electron chi connectivity index (χ3n) is 3.70. The standard InChI is InChI=1S/C14H24N4O3/c1-11-9-13(16-21-11)15-14(19)18-6-4-5-12(18)10-17(2)7-8-20-3/h9,12H,4-8,10H2,1-3H3,(H,15,16,19)/t12-/m0/s1. The number of carbonyl (C=O) groups is 1. The van der Waals surface area contributed by atoms with E-state index in [9.17, 15) is 4.79 Å². The van der Waals surface area contributed by atoms with Crippen LogP contribution >= 0.6 is 0 Å². The maximum Gasteiger partial charge on any atom is 0.323 e. The minimum absolute atomic E-state index is 0.106. The Hall–Kier alpha value is -1.60. The van der Waals surface area contributed by atoms with Gasteiger partial charge in [-0.2, -0.15) is 0 Å². The molecule has 1 aromatic rings. The number of carbonyl (C=O) groups excluding carboxylic acids is 1. The molecule has 7 nitrogen and oxygen atoms in total. The monoisotopic (exact) mass is 296 g/mol. The van der Waals surface area contributed by atoms with Crippen molar-refractivity contribution in [2.24, 2.45) is 0 Å². The molecule has 118 valence electrons. The zero-order valence-electron chi connectivity index (χ0n) is 13.0. The summed E-state index contributed by atoms with van der Waals surface area (Å²) in [5, 5.41) is 6.58. The predicted octanol–water partition coefficient (Wildman–Crippen LogP) is 1.56. The second-order valence-electron chi connectivity index (χ2n) is 5.50. The highest BCUT2D eigenvalue weighted by molar-refractivity contribution is 5.88. The van der Waals surface area contributed by atoms with Crippen molar-refractivity contribution in [1.82, 2.24) is 15.0 Å². The summed E-state index contributed by atoms with van der Waals surface area (Å²) in [4.78, 5) is 16.4. The average Bonchev–Trinajstić information content (AvgIpc) is 3.05. The number of urea groups is 1. The summed E-state index contributed by atoms with van der Waals surface area (Å²) < 4.78 is 10.0. The quantitative estimate of drug-likeness (QED) is 0.862. The van der Waals surface area contributed by atoms with Crippen LogP contribution in [0.3, 0.4) is 0 Å². The normalized spacial score (nSPS) is 18.5. The molecule has 0 unspecified atom stereocenters. The second kappa shape index (κ2) is 7.42. The minimum Gasteiger partial charge on any atom is -0.383 e. The van der Waals surface area contributed by atoms with Crippen molar-refractivity contribution in [3.8, 4) is 0 Å². The highest BCUT2D eigenvalue weighted by atomic mass is 16.5. The number of hydrogen-bond donors (Lipinski definition) is 1. The van der Waals surface area contributed by atoms with Gasteiger partial charge in [0.15, 0.2) is 5.82 Å². The predicted molar refractivity (Wildman–Crippen MR) is 79.4 cm³/mol. The lowest BCUT2D eigenvalue weighted by Crippen LogP contribution is -2.44. The molecule has 2 amide bonds. The van der Waals surface area contributed by atoms with Crippen molar-refractivity contribution in [2.75, 3.05) is 45.7 Å². The van der Waals surface area contributed by atoms with Crippen molar-refractivity contribution in [3.05, 3.63) is 11.8 Å². The number of methoxy groups -OCH3 is 1. The highest BCUT2D eigenvalue weighted by Crippen LogP contribution is 2.19. The Balaban J connectivity index is 1.87. The molecule has 0 saturated carbocycles. The lowest BCUT2D eigenvalue weighted by molar-refractivity contribution is 0.143. The molecule has 1 aliphatic rings. The molecule has 0 bridgehead atoms. The molecule has 0 spiro atoms. The summed E-state index contributed by atoms with van der Waals surface area (Å²) >= 11 is 0. The van der Waals surface area contributed by atoms with Crippen LogP contribution in [0.1, 0.15) is 18.6 Å². The third kappa shape index (κ3) is 4.44. The molecule has 1 N–H and O–H groups in total. The second-order valence-corrected chi connectivity index (χ2v) is 5.50. The summed E-state index contributed by atoms with van der Waals surface area (Å²) in [6, 6.07) is 1.85. The molecular formula is C14H24N4O3. The van der Waals surface area contributed by atoms with Crippen LogP contribution in [0.4, 0.5) is 10.6 Å². The summed E-state index contributed by atoms with van der Waals surface area (Å²) in [5.41, 5.74) is 0. The summed E-state index contributed by atoms with van der Waals surface area (Å²) in [6.07, 6.45) is 2.07. The van der Waals surface area contributed by atoms with Gasteiger partial charge < -0.3 is 19.1 Å². The average molecular weight is 296 g/mol. The Morgan fingerprint density at radius 1 is 1.67 bits per heavy atom. The first kappa shape index (κ1) is 15.8. The van der Waals surface area contributed by atoms with E-state index in [0.29, 0.717) is 18.2 Å². The molecule has 1 saturated heterocycles. The first-order valence-corrected chi connectivity index (χ1v) is 7.28. The number of rotatable bonds is 6. The lowest BCUT2D eigenvalue weighted by atomic mass is 10.2. The number of ether oxygens (including phenoxy) is 1. The highest BCUT2D eigenvalue weighted by Gasteiger charge is 2.29. The van der Waals surface area contributed by atoms with Gasteiger partial charge in [0.2, 0.25) is 0 Å². The zero-order valence-corrected chi connectivity index (χ0v) is 13.0. The fourth-order valence-electron chi connectivity index (χ4n) is 2.60. The van der Waals surface area contributed by atoms with Crippen LogP contribution in [0.2, 0.25) is 0 Å². The number of aromatic nitrogens is 1. The van der Waals surface area contributed by atoms with Crippen LogP contribution in [0.25, 0.3) is 0 Å². The SMILES string of the molecule is COCCN(C)C[C@@H]1CCCN1C(=O)Nc1cc(C)on1. The molecule has 1 aliphatic heterocycles. The molecular weight excluding hydrogens is 272 g/mol. The van der Waals surface area contributed by atoms with Gasteiger partial charge in [-0.1, -0.05) is 5.16 Å². The first-order valence-electron chi connectivity index (χ1n) is 7.28. The fraction of sp³-hybridized carbons (Fsp3) is 0.714. The van der Waals surface area contributed by atoms with Crippen LogP contribution < -0.4 is 5.32 Å². The molecule has 1 aromatic heterocycles. The molecule has 0 aliphatic carbocycles. The van der Waals surface area contributed by atoms with Crippen LogP contribution in [0, 0.1) is 6.92 Å². The fourth-order valence-corrected chi connectivity index (χ4v) is 2.60. The van der Waals surface area contributed by atoms with Crippen molar-refractivity contribution in [3.63, 3.8) is 0 Å². The van der Waals surface area contributed by atoms with E-state index in [-0.39, 0.29) is 12.1 Å². The number of anilines is 1. The smallest absolute Gasteiger partial charge is 0.323 e. The van der Waals surface area contributed by atoms with Gasteiger partial charge in [-0.25, -0.2) is 4.79 Å². The van der Waals surface area contributed by atoms with E-state index >= 15 is 0 Å².